The van der Waals surface area contributed by atoms with Gasteiger partial charge in [-0.1, -0.05) is 115 Å². The third kappa shape index (κ3) is 4.14. The van der Waals surface area contributed by atoms with Crippen molar-refractivity contribution < 1.29 is 4.42 Å². The number of benzene rings is 6. The molecule has 0 aliphatic carbocycles. The molecule has 0 spiro atoms. The van der Waals surface area contributed by atoms with Crippen LogP contribution in [0.1, 0.15) is 0 Å². The zero-order valence-corrected chi connectivity index (χ0v) is 22.0. The molecule has 0 fully saturated rings. The van der Waals surface area contributed by atoms with Gasteiger partial charge in [0, 0.05) is 27.5 Å². The van der Waals surface area contributed by atoms with Crippen molar-refractivity contribution in [3.8, 4) is 45.3 Å². The lowest BCUT2D eigenvalue weighted by Crippen LogP contribution is -2.00. The summed E-state index contributed by atoms with van der Waals surface area (Å²) in [5.74, 6) is 1.93. The van der Waals surface area contributed by atoms with Crippen molar-refractivity contribution in [2.24, 2.45) is 0 Å². The number of rotatable bonds is 4. The molecule has 0 aliphatic heterocycles. The standard InChI is InChI=1S/C37H23N3O/c1-3-11-24(12-4-1)35-38-36(25-13-5-2-6-14-25)40-37(39-35)29-18-9-17-28(21-29)30-19-10-20-32-34(30)31-22-26-15-7-8-16-27(26)23-33(31)41-32/h1-23H. The zero-order chi connectivity index (χ0) is 27.2. The van der Waals surface area contributed by atoms with Crippen LogP contribution in [0.2, 0.25) is 0 Å². The summed E-state index contributed by atoms with van der Waals surface area (Å²) in [5.41, 5.74) is 6.77. The minimum atomic E-state index is 0.634. The van der Waals surface area contributed by atoms with Crippen molar-refractivity contribution in [2.45, 2.75) is 0 Å². The van der Waals surface area contributed by atoms with Crippen molar-refractivity contribution in [1.29, 1.82) is 0 Å². The Balaban J connectivity index is 1.31. The van der Waals surface area contributed by atoms with E-state index in [1.807, 2.05) is 66.7 Å². The van der Waals surface area contributed by atoms with Gasteiger partial charge in [0.1, 0.15) is 11.2 Å². The van der Waals surface area contributed by atoms with Crippen LogP contribution in [-0.2, 0) is 0 Å². The lowest BCUT2D eigenvalue weighted by atomic mass is 9.97. The van der Waals surface area contributed by atoms with Gasteiger partial charge in [0.2, 0.25) is 0 Å². The van der Waals surface area contributed by atoms with Crippen molar-refractivity contribution in [1.82, 2.24) is 15.0 Å². The lowest BCUT2D eigenvalue weighted by Gasteiger charge is -2.10. The second-order valence-electron chi connectivity index (χ2n) is 10.1. The molecule has 6 aromatic carbocycles. The third-order valence-corrected chi connectivity index (χ3v) is 7.49. The van der Waals surface area contributed by atoms with Crippen LogP contribution >= 0.6 is 0 Å². The molecule has 0 unspecified atom stereocenters. The second kappa shape index (κ2) is 9.54. The van der Waals surface area contributed by atoms with Gasteiger partial charge in [-0.15, -0.1) is 0 Å². The molecule has 192 valence electrons. The van der Waals surface area contributed by atoms with E-state index in [4.69, 9.17) is 19.4 Å². The first-order chi connectivity index (χ1) is 20.3. The Morgan fingerprint density at radius 3 is 1.61 bits per heavy atom. The van der Waals surface area contributed by atoms with E-state index in [-0.39, 0.29) is 0 Å². The molecule has 4 heteroatoms. The SMILES string of the molecule is c1ccc(-c2nc(-c3ccccc3)nc(-c3cccc(-c4cccc5oc6cc7ccccc7cc6c45)c3)n2)cc1. The van der Waals surface area contributed by atoms with Crippen molar-refractivity contribution in [3.63, 3.8) is 0 Å². The summed E-state index contributed by atoms with van der Waals surface area (Å²) in [7, 11) is 0. The Kier molecular flexibility index (Phi) is 5.42. The molecular weight excluding hydrogens is 502 g/mol. The molecule has 0 atom stereocenters. The van der Waals surface area contributed by atoms with Gasteiger partial charge in [-0.2, -0.15) is 0 Å². The molecule has 8 aromatic rings. The maximum Gasteiger partial charge on any atom is 0.164 e. The molecule has 0 radical (unpaired) electrons. The number of aromatic nitrogens is 3. The number of hydrogen-bond acceptors (Lipinski definition) is 4. The second-order valence-corrected chi connectivity index (χ2v) is 10.1. The van der Waals surface area contributed by atoms with Gasteiger partial charge >= 0.3 is 0 Å². The molecule has 0 aliphatic rings. The highest BCUT2D eigenvalue weighted by Crippen LogP contribution is 2.39. The summed E-state index contributed by atoms with van der Waals surface area (Å²) in [4.78, 5) is 14.7. The van der Waals surface area contributed by atoms with Gasteiger partial charge in [-0.3, -0.25) is 0 Å². The Bertz CT molecular complexity index is 2140. The predicted molar refractivity (Wildman–Crippen MR) is 166 cm³/mol. The van der Waals surface area contributed by atoms with Gasteiger partial charge in [0.25, 0.3) is 0 Å². The van der Waals surface area contributed by atoms with E-state index in [1.165, 1.54) is 10.8 Å². The van der Waals surface area contributed by atoms with Crippen LogP contribution < -0.4 is 0 Å². The van der Waals surface area contributed by atoms with E-state index >= 15 is 0 Å². The summed E-state index contributed by atoms with van der Waals surface area (Å²) >= 11 is 0. The molecule has 0 N–H and O–H groups in total. The zero-order valence-electron chi connectivity index (χ0n) is 22.0. The van der Waals surface area contributed by atoms with Gasteiger partial charge in [0.15, 0.2) is 17.5 Å². The van der Waals surface area contributed by atoms with E-state index in [9.17, 15) is 0 Å². The summed E-state index contributed by atoms with van der Waals surface area (Å²) in [5, 5.41) is 4.58. The summed E-state index contributed by atoms with van der Waals surface area (Å²) in [6.45, 7) is 0. The van der Waals surface area contributed by atoms with Gasteiger partial charge in [-0.05, 0) is 46.2 Å². The normalized spacial score (nSPS) is 11.4. The van der Waals surface area contributed by atoms with E-state index in [1.54, 1.807) is 0 Å². The molecule has 4 nitrogen and oxygen atoms in total. The molecule has 8 rings (SSSR count). The smallest absolute Gasteiger partial charge is 0.164 e. The molecule has 2 aromatic heterocycles. The van der Waals surface area contributed by atoms with Crippen LogP contribution in [0.25, 0.3) is 78.0 Å². The molecule has 2 heterocycles. The van der Waals surface area contributed by atoms with Crippen LogP contribution in [0.5, 0.6) is 0 Å². The first-order valence-corrected chi connectivity index (χ1v) is 13.6. The number of furan rings is 1. The van der Waals surface area contributed by atoms with Crippen LogP contribution in [0.4, 0.5) is 0 Å². The van der Waals surface area contributed by atoms with Gasteiger partial charge in [-0.25, -0.2) is 15.0 Å². The largest absolute Gasteiger partial charge is 0.456 e. The molecule has 0 amide bonds. The maximum atomic E-state index is 6.33. The Morgan fingerprint density at radius 1 is 0.390 bits per heavy atom. The van der Waals surface area contributed by atoms with Gasteiger partial charge < -0.3 is 4.42 Å². The number of fused-ring (bicyclic) bond motifs is 4. The topological polar surface area (TPSA) is 51.8 Å². The lowest BCUT2D eigenvalue weighted by molar-refractivity contribution is 0.669. The first-order valence-electron chi connectivity index (χ1n) is 13.6. The van der Waals surface area contributed by atoms with E-state index < -0.39 is 0 Å². The molecule has 41 heavy (non-hydrogen) atoms. The molecule has 0 saturated heterocycles. The molecule has 0 saturated carbocycles. The van der Waals surface area contributed by atoms with E-state index in [0.29, 0.717) is 17.5 Å². The predicted octanol–water partition coefficient (Wildman–Crippen LogP) is 9.59. The number of hydrogen-bond donors (Lipinski definition) is 0. The summed E-state index contributed by atoms with van der Waals surface area (Å²) in [6, 6.07) is 47.5. The van der Waals surface area contributed by atoms with Crippen LogP contribution in [-0.4, -0.2) is 15.0 Å². The van der Waals surface area contributed by atoms with Crippen LogP contribution in [0.3, 0.4) is 0 Å². The fraction of sp³-hybridized carbons (Fsp3) is 0. The Morgan fingerprint density at radius 2 is 0.927 bits per heavy atom. The molecule has 0 bridgehead atoms. The number of nitrogens with zero attached hydrogens (tertiary/aromatic N) is 3. The minimum Gasteiger partial charge on any atom is -0.456 e. The highest BCUT2D eigenvalue weighted by Gasteiger charge is 2.16. The average Bonchev–Trinajstić information content (AvgIpc) is 3.42. The fourth-order valence-electron chi connectivity index (χ4n) is 5.52. The highest BCUT2D eigenvalue weighted by atomic mass is 16.3. The monoisotopic (exact) mass is 525 g/mol. The average molecular weight is 526 g/mol. The minimum absolute atomic E-state index is 0.634. The molecular formula is C37H23N3O. The van der Waals surface area contributed by atoms with Gasteiger partial charge in [0.05, 0.1) is 0 Å². The maximum absolute atomic E-state index is 6.33. The van der Waals surface area contributed by atoms with Crippen molar-refractivity contribution in [3.05, 3.63) is 140 Å². The van der Waals surface area contributed by atoms with E-state index in [0.717, 1.165) is 49.8 Å². The Hall–Kier alpha value is -5.61. The van der Waals surface area contributed by atoms with Crippen molar-refractivity contribution >= 4 is 32.7 Å². The first kappa shape index (κ1) is 23.3. The summed E-state index contributed by atoms with van der Waals surface area (Å²) in [6.07, 6.45) is 0. The van der Waals surface area contributed by atoms with Crippen LogP contribution in [0, 0.1) is 0 Å². The third-order valence-electron chi connectivity index (χ3n) is 7.49. The fourth-order valence-corrected chi connectivity index (χ4v) is 5.52. The van der Waals surface area contributed by atoms with E-state index in [2.05, 4.69) is 72.8 Å². The quantitative estimate of drug-likeness (QED) is 0.230. The highest BCUT2D eigenvalue weighted by molar-refractivity contribution is 6.15. The van der Waals surface area contributed by atoms with Crippen LogP contribution in [0.15, 0.2) is 144 Å². The Labute approximate surface area is 236 Å². The van der Waals surface area contributed by atoms with Crippen molar-refractivity contribution in [2.75, 3.05) is 0 Å². The summed E-state index contributed by atoms with van der Waals surface area (Å²) < 4.78 is 6.33.